The maximum atomic E-state index is 4.75. The van der Waals surface area contributed by atoms with Gasteiger partial charge in [0.25, 0.3) is 0 Å². The van der Waals surface area contributed by atoms with Gasteiger partial charge in [0, 0.05) is 32.5 Å². The van der Waals surface area contributed by atoms with E-state index in [1.54, 1.807) is 6.20 Å². The summed E-state index contributed by atoms with van der Waals surface area (Å²) in [5.41, 5.74) is 15.8. The first kappa shape index (κ1) is 38.8. The molecule has 0 aliphatic rings. The van der Waals surface area contributed by atoms with Crippen molar-refractivity contribution >= 4 is 10.8 Å². The van der Waals surface area contributed by atoms with Crippen molar-refractivity contribution in [3.05, 3.63) is 243 Å². The van der Waals surface area contributed by atoms with Crippen LogP contribution in [0.25, 0.3) is 88.9 Å². The molecule has 0 spiro atoms. The van der Waals surface area contributed by atoms with Crippen molar-refractivity contribution in [3.63, 3.8) is 0 Å². The molecular formula is C56H38IrN2-2. The molecule has 8 aromatic carbocycles. The summed E-state index contributed by atoms with van der Waals surface area (Å²) in [6.07, 6.45) is 3.67. The quantitative estimate of drug-likeness (QED) is 0.149. The Bertz CT molecular complexity index is 2890. The van der Waals surface area contributed by atoms with Gasteiger partial charge in [-0.15, -0.1) is 71.3 Å². The van der Waals surface area contributed by atoms with E-state index in [-0.39, 0.29) is 20.1 Å². The van der Waals surface area contributed by atoms with Gasteiger partial charge in [-0.1, -0.05) is 133 Å². The second-order valence-corrected chi connectivity index (χ2v) is 14.1. The molecule has 0 saturated carbocycles. The van der Waals surface area contributed by atoms with Crippen LogP contribution >= 0.6 is 0 Å². The normalized spacial score (nSPS) is 10.6. The Labute approximate surface area is 359 Å². The minimum atomic E-state index is 0. The molecule has 59 heavy (non-hydrogen) atoms. The van der Waals surface area contributed by atoms with Crippen LogP contribution in [0.4, 0.5) is 0 Å². The van der Waals surface area contributed by atoms with E-state index in [1.807, 2.05) is 54.7 Å². The van der Waals surface area contributed by atoms with Gasteiger partial charge in [0.2, 0.25) is 0 Å². The Hall–Kier alpha value is -7.03. The zero-order valence-electron chi connectivity index (χ0n) is 32.2. The summed E-state index contributed by atoms with van der Waals surface area (Å²) in [7, 11) is 0. The third-order valence-corrected chi connectivity index (χ3v) is 10.3. The van der Waals surface area contributed by atoms with Crippen molar-refractivity contribution in [2.24, 2.45) is 0 Å². The molecule has 0 atom stereocenters. The van der Waals surface area contributed by atoms with E-state index in [0.717, 1.165) is 39.0 Å². The van der Waals surface area contributed by atoms with Crippen LogP contribution in [0, 0.1) is 12.1 Å². The van der Waals surface area contributed by atoms with Crippen LogP contribution in [0.5, 0.6) is 0 Å². The van der Waals surface area contributed by atoms with Gasteiger partial charge in [-0.2, -0.15) is 0 Å². The Morgan fingerprint density at radius 2 is 0.814 bits per heavy atom. The third kappa shape index (κ3) is 9.09. The molecule has 2 aromatic heterocycles. The molecule has 10 rings (SSSR count). The molecule has 283 valence electrons. The average molecular weight is 931 g/mol. The molecule has 0 saturated heterocycles. The summed E-state index contributed by atoms with van der Waals surface area (Å²) >= 11 is 0. The van der Waals surface area contributed by atoms with Crippen molar-refractivity contribution in [2.45, 2.75) is 0 Å². The summed E-state index contributed by atoms with van der Waals surface area (Å²) in [6.45, 7) is 0. The summed E-state index contributed by atoms with van der Waals surface area (Å²) < 4.78 is 0. The van der Waals surface area contributed by atoms with E-state index in [2.05, 4.69) is 187 Å². The van der Waals surface area contributed by atoms with Crippen LogP contribution in [-0.2, 0) is 20.1 Å². The summed E-state index contributed by atoms with van der Waals surface area (Å²) in [5, 5.41) is 2.31. The van der Waals surface area contributed by atoms with Crippen LogP contribution < -0.4 is 0 Å². The molecule has 0 N–H and O–H groups in total. The first-order valence-corrected chi connectivity index (χ1v) is 19.5. The summed E-state index contributed by atoms with van der Waals surface area (Å²) in [6, 6.07) is 82.9. The number of pyridine rings is 2. The maximum Gasteiger partial charge on any atom is 0.0167 e. The number of rotatable bonds is 7. The predicted molar refractivity (Wildman–Crippen MR) is 242 cm³/mol. The summed E-state index contributed by atoms with van der Waals surface area (Å²) in [4.78, 5) is 8.97. The van der Waals surface area contributed by atoms with Crippen molar-refractivity contribution in [1.29, 1.82) is 0 Å². The van der Waals surface area contributed by atoms with Gasteiger partial charge in [-0.05, 0) is 115 Å². The van der Waals surface area contributed by atoms with Crippen LogP contribution in [0.2, 0.25) is 0 Å². The van der Waals surface area contributed by atoms with E-state index in [0.29, 0.717) is 0 Å². The van der Waals surface area contributed by atoms with Gasteiger partial charge < -0.3 is 9.97 Å². The number of hydrogen-bond acceptors (Lipinski definition) is 2. The van der Waals surface area contributed by atoms with E-state index >= 15 is 0 Å². The molecule has 0 aliphatic carbocycles. The molecular weight excluding hydrogens is 893 g/mol. The molecule has 10 aromatic rings. The zero-order valence-corrected chi connectivity index (χ0v) is 34.6. The number of hydrogen-bond donors (Lipinski definition) is 0. The van der Waals surface area contributed by atoms with Crippen LogP contribution in [0.15, 0.2) is 231 Å². The molecule has 0 unspecified atom stereocenters. The molecule has 0 aliphatic heterocycles. The van der Waals surface area contributed by atoms with Gasteiger partial charge in [-0.3, -0.25) is 0 Å². The van der Waals surface area contributed by atoms with E-state index < -0.39 is 0 Å². The Balaban J connectivity index is 0.000000319. The van der Waals surface area contributed by atoms with Crippen LogP contribution in [-0.4, -0.2) is 9.97 Å². The minimum Gasteiger partial charge on any atom is -0.305 e. The topological polar surface area (TPSA) is 25.8 Å². The molecule has 2 nitrogen and oxygen atoms in total. The third-order valence-electron chi connectivity index (χ3n) is 10.3. The Morgan fingerprint density at radius 3 is 1.46 bits per heavy atom. The average Bonchev–Trinajstić information content (AvgIpc) is 3.33. The first-order chi connectivity index (χ1) is 28.7. The fourth-order valence-corrected chi connectivity index (χ4v) is 7.34. The molecule has 3 heteroatoms. The molecule has 0 fully saturated rings. The maximum absolute atomic E-state index is 4.75. The molecule has 0 amide bonds. The standard InChI is InChI=1S/C45H30N.C11H8N.Ir/c1-3-12-32(13-4-1)35-17-9-20-38(26-35)42-29-41(33-14-5-2-6-15-33)30-43(31-42)39-21-10-18-36(27-39)37-19-11-22-40(28-37)45-44-23-8-7-16-34(44)24-25-46-45;1-2-6-10(7-3-1)11-8-4-5-9-12-11;/h1-21,23-31H;1-6,8-9H;/q2*-1;. The fraction of sp³-hybridized carbons (Fsp3) is 0. The minimum absolute atomic E-state index is 0. The zero-order chi connectivity index (χ0) is 38.9. The molecule has 1 radical (unpaired) electrons. The van der Waals surface area contributed by atoms with Crippen LogP contribution in [0.1, 0.15) is 0 Å². The van der Waals surface area contributed by atoms with Crippen molar-refractivity contribution in [2.75, 3.05) is 0 Å². The SMILES string of the molecule is [Ir].[c-]1ccc(-c2cccc(-c3cc(-c4ccccc4)cc(-c4cccc(-c5ccccc5)c4)c3)c2)cc1-c1nccc2ccccc12.[c-]1ccccc1-c1ccccn1. The van der Waals surface area contributed by atoms with E-state index in [9.17, 15) is 0 Å². The second kappa shape index (κ2) is 18.5. The number of benzene rings is 8. The van der Waals surface area contributed by atoms with Gasteiger partial charge in [0.1, 0.15) is 0 Å². The van der Waals surface area contributed by atoms with Gasteiger partial charge in [0.15, 0.2) is 0 Å². The largest absolute Gasteiger partial charge is 0.305 e. The van der Waals surface area contributed by atoms with Crippen molar-refractivity contribution in [3.8, 4) is 78.1 Å². The van der Waals surface area contributed by atoms with Crippen LogP contribution in [0.3, 0.4) is 0 Å². The smallest absolute Gasteiger partial charge is 0.0167 e. The predicted octanol–water partition coefficient (Wildman–Crippen LogP) is 14.6. The summed E-state index contributed by atoms with van der Waals surface area (Å²) in [5.74, 6) is 0. The Morgan fingerprint density at radius 1 is 0.305 bits per heavy atom. The first-order valence-electron chi connectivity index (χ1n) is 19.5. The van der Waals surface area contributed by atoms with Crippen molar-refractivity contribution < 1.29 is 20.1 Å². The van der Waals surface area contributed by atoms with Gasteiger partial charge in [-0.25, -0.2) is 0 Å². The molecule has 0 bridgehead atoms. The Kier molecular flexibility index (Phi) is 12.2. The van der Waals surface area contributed by atoms with E-state index in [4.69, 9.17) is 4.98 Å². The number of aromatic nitrogens is 2. The van der Waals surface area contributed by atoms with E-state index in [1.165, 1.54) is 49.9 Å². The molecule has 2 heterocycles. The number of nitrogens with zero attached hydrogens (tertiary/aromatic N) is 2. The second-order valence-electron chi connectivity index (χ2n) is 14.1. The van der Waals surface area contributed by atoms with Gasteiger partial charge >= 0.3 is 0 Å². The monoisotopic (exact) mass is 931 g/mol. The van der Waals surface area contributed by atoms with Gasteiger partial charge in [0.05, 0.1) is 0 Å². The number of fused-ring (bicyclic) bond motifs is 1. The van der Waals surface area contributed by atoms with Crippen molar-refractivity contribution in [1.82, 2.24) is 9.97 Å². The fourth-order valence-electron chi connectivity index (χ4n) is 7.34.